The molecule has 2 N–H and O–H groups in total. The van der Waals surface area contributed by atoms with Crippen LogP contribution in [0.3, 0.4) is 0 Å². The highest BCUT2D eigenvalue weighted by atomic mass is 16.5. The quantitative estimate of drug-likeness (QED) is 0.755. The van der Waals surface area contributed by atoms with Crippen molar-refractivity contribution in [3.63, 3.8) is 0 Å². The van der Waals surface area contributed by atoms with E-state index in [1.807, 2.05) is 32.2 Å². The van der Waals surface area contributed by atoms with Crippen molar-refractivity contribution >= 4 is 0 Å². The van der Waals surface area contributed by atoms with Gasteiger partial charge in [-0.25, -0.2) is 0 Å². The number of ether oxygens (including phenoxy) is 2. The average molecular weight is 239 g/mol. The molecular formula is C13H21NO3. The molecule has 4 heteroatoms. The molecule has 0 saturated heterocycles. The first-order chi connectivity index (χ1) is 8.22. The van der Waals surface area contributed by atoms with E-state index in [2.05, 4.69) is 5.32 Å². The molecule has 1 aromatic carbocycles. The lowest BCUT2D eigenvalue weighted by Gasteiger charge is -2.16. The van der Waals surface area contributed by atoms with Crippen LogP contribution in [0.2, 0.25) is 0 Å². The molecule has 0 aliphatic rings. The Morgan fingerprint density at radius 2 is 2.18 bits per heavy atom. The van der Waals surface area contributed by atoms with E-state index in [-0.39, 0.29) is 12.5 Å². The van der Waals surface area contributed by atoms with E-state index >= 15 is 0 Å². The van der Waals surface area contributed by atoms with Crippen LogP contribution in [-0.4, -0.2) is 32.5 Å². The molecule has 0 fully saturated rings. The van der Waals surface area contributed by atoms with Crippen molar-refractivity contribution in [3.8, 4) is 11.5 Å². The number of para-hydroxylation sites is 1. The maximum atomic E-state index is 8.99. The Hall–Kier alpha value is -1.26. The summed E-state index contributed by atoms with van der Waals surface area (Å²) < 4.78 is 11.0. The van der Waals surface area contributed by atoms with E-state index in [1.165, 1.54) is 0 Å². The minimum absolute atomic E-state index is 0.113. The minimum atomic E-state index is 0.113. The smallest absolute Gasteiger partial charge is 0.165 e. The second-order valence-corrected chi connectivity index (χ2v) is 4.08. The van der Waals surface area contributed by atoms with Crippen LogP contribution >= 0.6 is 0 Å². The van der Waals surface area contributed by atoms with Crippen molar-refractivity contribution in [1.29, 1.82) is 0 Å². The maximum Gasteiger partial charge on any atom is 0.165 e. The maximum absolute atomic E-state index is 8.99. The molecule has 0 saturated carbocycles. The lowest BCUT2D eigenvalue weighted by Crippen LogP contribution is -2.15. The van der Waals surface area contributed by atoms with E-state index < -0.39 is 0 Å². The number of aliphatic hydroxyl groups is 1. The van der Waals surface area contributed by atoms with Crippen molar-refractivity contribution in [2.75, 3.05) is 27.4 Å². The third kappa shape index (κ3) is 3.91. The number of benzene rings is 1. The van der Waals surface area contributed by atoms with Gasteiger partial charge in [0.05, 0.1) is 13.7 Å². The monoisotopic (exact) mass is 239 g/mol. The van der Waals surface area contributed by atoms with E-state index in [0.717, 1.165) is 23.6 Å². The van der Waals surface area contributed by atoms with Gasteiger partial charge in [-0.05, 0) is 13.1 Å². The Bertz CT molecular complexity index is 341. The number of methoxy groups -OCH3 is 1. The zero-order valence-corrected chi connectivity index (χ0v) is 10.7. The Labute approximate surface area is 103 Å². The molecule has 4 nitrogen and oxygen atoms in total. The van der Waals surface area contributed by atoms with Gasteiger partial charge in [-0.1, -0.05) is 19.1 Å². The summed E-state index contributed by atoms with van der Waals surface area (Å²) in [6.07, 6.45) is 0. The summed E-state index contributed by atoms with van der Waals surface area (Å²) >= 11 is 0. The van der Waals surface area contributed by atoms with Crippen LogP contribution in [0.5, 0.6) is 11.5 Å². The summed E-state index contributed by atoms with van der Waals surface area (Å²) in [5.41, 5.74) is 1.05. The van der Waals surface area contributed by atoms with E-state index in [0.29, 0.717) is 6.61 Å². The fourth-order valence-corrected chi connectivity index (χ4v) is 1.49. The zero-order valence-electron chi connectivity index (χ0n) is 10.7. The highest BCUT2D eigenvalue weighted by molar-refractivity contribution is 5.46. The molecule has 1 atom stereocenters. The Kier molecular flexibility index (Phi) is 5.80. The van der Waals surface area contributed by atoms with Crippen LogP contribution in [-0.2, 0) is 6.54 Å². The van der Waals surface area contributed by atoms with Gasteiger partial charge in [-0.15, -0.1) is 0 Å². The van der Waals surface area contributed by atoms with Crippen molar-refractivity contribution < 1.29 is 14.6 Å². The molecule has 0 heterocycles. The van der Waals surface area contributed by atoms with Crippen LogP contribution in [0.4, 0.5) is 0 Å². The molecule has 0 amide bonds. The second-order valence-electron chi connectivity index (χ2n) is 4.08. The van der Waals surface area contributed by atoms with Crippen LogP contribution in [0, 0.1) is 5.92 Å². The van der Waals surface area contributed by atoms with Gasteiger partial charge in [0.2, 0.25) is 0 Å². The molecule has 96 valence electrons. The minimum Gasteiger partial charge on any atom is -0.493 e. The standard InChI is InChI=1S/C13H21NO3/c1-10(8-15)9-17-13-11(7-14-2)5-4-6-12(13)16-3/h4-6,10,14-15H,7-9H2,1-3H3. The van der Waals surface area contributed by atoms with E-state index in [9.17, 15) is 0 Å². The molecule has 1 aromatic rings. The zero-order chi connectivity index (χ0) is 12.7. The molecule has 0 radical (unpaired) electrons. The third-order valence-corrected chi connectivity index (χ3v) is 2.47. The molecule has 0 aliphatic heterocycles. The highest BCUT2D eigenvalue weighted by Crippen LogP contribution is 2.31. The van der Waals surface area contributed by atoms with Gasteiger partial charge in [0.15, 0.2) is 11.5 Å². The fraction of sp³-hybridized carbons (Fsp3) is 0.538. The van der Waals surface area contributed by atoms with E-state index in [4.69, 9.17) is 14.6 Å². The van der Waals surface area contributed by atoms with Gasteiger partial charge in [-0.3, -0.25) is 0 Å². The molecule has 0 aliphatic carbocycles. The van der Waals surface area contributed by atoms with Crippen molar-refractivity contribution in [1.82, 2.24) is 5.32 Å². The molecule has 1 rings (SSSR count). The van der Waals surface area contributed by atoms with Crippen LogP contribution in [0.25, 0.3) is 0 Å². The van der Waals surface area contributed by atoms with Crippen LogP contribution in [0.1, 0.15) is 12.5 Å². The number of hydrogen-bond acceptors (Lipinski definition) is 4. The lowest BCUT2D eigenvalue weighted by atomic mass is 10.1. The van der Waals surface area contributed by atoms with Gasteiger partial charge in [-0.2, -0.15) is 0 Å². The predicted molar refractivity (Wildman–Crippen MR) is 67.5 cm³/mol. The van der Waals surface area contributed by atoms with Gasteiger partial charge < -0.3 is 19.9 Å². The third-order valence-electron chi connectivity index (χ3n) is 2.47. The predicted octanol–water partition coefficient (Wildman–Crippen LogP) is 1.42. The first-order valence-corrected chi connectivity index (χ1v) is 5.77. The molecule has 0 aromatic heterocycles. The first kappa shape index (κ1) is 13.8. The van der Waals surface area contributed by atoms with E-state index in [1.54, 1.807) is 7.11 Å². The van der Waals surface area contributed by atoms with Crippen molar-refractivity contribution in [3.05, 3.63) is 23.8 Å². The first-order valence-electron chi connectivity index (χ1n) is 5.77. The van der Waals surface area contributed by atoms with Gasteiger partial charge in [0, 0.05) is 24.6 Å². The normalized spacial score (nSPS) is 12.2. The van der Waals surface area contributed by atoms with Gasteiger partial charge in [0.25, 0.3) is 0 Å². The topological polar surface area (TPSA) is 50.7 Å². The molecule has 17 heavy (non-hydrogen) atoms. The summed E-state index contributed by atoms with van der Waals surface area (Å²) in [5, 5.41) is 12.1. The molecular weight excluding hydrogens is 218 g/mol. The summed E-state index contributed by atoms with van der Waals surface area (Å²) in [5.74, 6) is 1.59. The largest absolute Gasteiger partial charge is 0.493 e. The number of hydrogen-bond donors (Lipinski definition) is 2. The summed E-state index contributed by atoms with van der Waals surface area (Å²) in [4.78, 5) is 0. The van der Waals surface area contributed by atoms with Crippen molar-refractivity contribution in [2.45, 2.75) is 13.5 Å². The Morgan fingerprint density at radius 3 is 2.76 bits per heavy atom. The van der Waals surface area contributed by atoms with Crippen LogP contribution in [0.15, 0.2) is 18.2 Å². The summed E-state index contributed by atoms with van der Waals surface area (Å²) in [7, 11) is 3.51. The highest BCUT2D eigenvalue weighted by Gasteiger charge is 2.11. The van der Waals surface area contributed by atoms with Crippen molar-refractivity contribution in [2.24, 2.45) is 5.92 Å². The fourth-order valence-electron chi connectivity index (χ4n) is 1.49. The number of nitrogens with one attached hydrogen (secondary N) is 1. The molecule has 1 unspecified atom stereocenters. The lowest BCUT2D eigenvalue weighted by molar-refractivity contribution is 0.170. The number of aliphatic hydroxyl groups excluding tert-OH is 1. The Balaban J connectivity index is 2.84. The second kappa shape index (κ2) is 7.14. The summed E-state index contributed by atoms with van der Waals surface area (Å²) in [6, 6.07) is 5.81. The SMILES string of the molecule is CNCc1cccc(OC)c1OCC(C)CO. The van der Waals surface area contributed by atoms with Crippen LogP contribution < -0.4 is 14.8 Å². The molecule has 0 spiro atoms. The summed E-state index contributed by atoms with van der Waals surface area (Å²) in [6.45, 7) is 3.26. The van der Waals surface area contributed by atoms with Gasteiger partial charge in [0.1, 0.15) is 0 Å². The number of rotatable bonds is 7. The van der Waals surface area contributed by atoms with Gasteiger partial charge >= 0.3 is 0 Å². The average Bonchev–Trinajstić information content (AvgIpc) is 2.36. The Morgan fingerprint density at radius 1 is 1.41 bits per heavy atom. The molecule has 0 bridgehead atoms.